The van der Waals surface area contributed by atoms with E-state index < -0.39 is 5.66 Å². The van der Waals surface area contributed by atoms with Gasteiger partial charge in [0, 0.05) is 30.1 Å². The number of nitrogens with zero attached hydrogens (tertiary/aromatic N) is 2. The van der Waals surface area contributed by atoms with Gasteiger partial charge in [0.1, 0.15) is 17.2 Å². The molecular weight excluding hydrogens is 342 g/mol. The first kappa shape index (κ1) is 17.6. The van der Waals surface area contributed by atoms with Crippen molar-refractivity contribution in [2.24, 2.45) is 0 Å². The first-order valence-electron chi connectivity index (χ1n) is 9.45. The molecule has 0 aromatic carbocycles. The molecule has 0 unspecified atom stereocenters. The van der Waals surface area contributed by atoms with Crippen molar-refractivity contribution >= 4 is 23.8 Å². The molecule has 142 valence electrons. The van der Waals surface area contributed by atoms with Crippen LogP contribution in [-0.4, -0.2) is 27.9 Å². The Balaban J connectivity index is 1.75. The lowest BCUT2D eigenvalue weighted by Gasteiger charge is -2.38. The van der Waals surface area contributed by atoms with Crippen molar-refractivity contribution in [3.8, 4) is 0 Å². The fourth-order valence-corrected chi connectivity index (χ4v) is 4.58. The van der Waals surface area contributed by atoms with Crippen LogP contribution in [0.1, 0.15) is 51.5 Å². The number of rotatable bonds is 2. The molecule has 1 aromatic heterocycles. The van der Waals surface area contributed by atoms with Gasteiger partial charge in [-0.1, -0.05) is 6.42 Å². The van der Waals surface area contributed by atoms with Crippen LogP contribution in [0.3, 0.4) is 0 Å². The summed E-state index contributed by atoms with van der Waals surface area (Å²) in [7, 11) is 0. The summed E-state index contributed by atoms with van der Waals surface area (Å²) in [5, 5.41) is 6.47. The molecule has 2 aliphatic heterocycles. The summed E-state index contributed by atoms with van der Waals surface area (Å²) in [6.45, 7) is 3.90. The third kappa shape index (κ3) is 2.78. The fraction of sp³-hybridized carbons (Fsp3) is 0.450. The minimum atomic E-state index is -0.557. The van der Waals surface area contributed by atoms with Crippen molar-refractivity contribution in [2.75, 3.05) is 11.1 Å². The lowest BCUT2D eigenvalue weighted by molar-refractivity contribution is -0.121. The average molecular weight is 367 g/mol. The van der Waals surface area contributed by atoms with E-state index in [-0.39, 0.29) is 5.91 Å². The standard InChI is InChI=1S/C20H25N5O2/c1-12(15-8-14-10-22-17(21)9-16(14)23-13(15)2)18-19(27)24-20(25(18)11-26)6-4-3-5-7-20/h9-11,23H,3-8H2,1-2H3,(H2,21,22)(H,24,27)/b18-12-. The smallest absolute Gasteiger partial charge is 0.270 e. The number of aromatic nitrogens is 1. The van der Waals surface area contributed by atoms with E-state index in [2.05, 4.69) is 15.6 Å². The number of hydrogen-bond acceptors (Lipinski definition) is 5. The number of amides is 2. The quantitative estimate of drug-likeness (QED) is 0.551. The minimum Gasteiger partial charge on any atom is -0.384 e. The second-order valence-corrected chi connectivity index (χ2v) is 7.67. The van der Waals surface area contributed by atoms with Gasteiger partial charge in [-0.15, -0.1) is 0 Å². The number of carbonyl (C=O) groups is 2. The van der Waals surface area contributed by atoms with Crippen LogP contribution in [0.2, 0.25) is 0 Å². The van der Waals surface area contributed by atoms with E-state index in [1.807, 2.05) is 19.9 Å². The Bertz CT molecular complexity index is 880. The van der Waals surface area contributed by atoms with Crippen LogP contribution >= 0.6 is 0 Å². The van der Waals surface area contributed by atoms with Crippen LogP contribution in [0.5, 0.6) is 0 Å². The molecule has 1 saturated carbocycles. The summed E-state index contributed by atoms with van der Waals surface area (Å²) >= 11 is 0. The van der Waals surface area contributed by atoms with Gasteiger partial charge in [-0.05, 0) is 56.2 Å². The summed E-state index contributed by atoms with van der Waals surface area (Å²) in [5.41, 5.74) is 10.5. The van der Waals surface area contributed by atoms with Gasteiger partial charge in [0.25, 0.3) is 5.91 Å². The first-order valence-corrected chi connectivity index (χ1v) is 9.45. The number of nitrogen functional groups attached to an aromatic ring is 1. The second kappa shape index (κ2) is 6.40. The SMILES string of the molecule is CC1=C(/C(C)=C2/C(=O)NC3(CCCCC3)N2C=O)Cc2cnc(N)cc2N1. The van der Waals surface area contributed by atoms with Crippen LogP contribution in [0, 0.1) is 0 Å². The van der Waals surface area contributed by atoms with Gasteiger partial charge < -0.3 is 16.4 Å². The highest BCUT2D eigenvalue weighted by atomic mass is 16.2. The van der Waals surface area contributed by atoms with Crippen molar-refractivity contribution < 1.29 is 9.59 Å². The summed E-state index contributed by atoms with van der Waals surface area (Å²) in [5.74, 6) is 0.303. The van der Waals surface area contributed by atoms with E-state index in [1.165, 1.54) is 0 Å². The van der Waals surface area contributed by atoms with E-state index in [9.17, 15) is 9.59 Å². The van der Waals surface area contributed by atoms with Crippen LogP contribution < -0.4 is 16.4 Å². The zero-order valence-corrected chi connectivity index (χ0v) is 15.8. The monoisotopic (exact) mass is 367 g/mol. The normalized spacial score (nSPS) is 23.0. The number of fused-ring (bicyclic) bond motifs is 1. The highest BCUT2D eigenvalue weighted by Crippen LogP contribution is 2.40. The van der Waals surface area contributed by atoms with Gasteiger partial charge >= 0.3 is 0 Å². The molecule has 2 amide bonds. The van der Waals surface area contributed by atoms with Crippen LogP contribution in [0.25, 0.3) is 0 Å². The van der Waals surface area contributed by atoms with E-state index in [0.717, 1.165) is 66.6 Å². The first-order chi connectivity index (χ1) is 12.9. The number of allylic oxidation sites excluding steroid dienone is 3. The van der Waals surface area contributed by atoms with Gasteiger partial charge in [0.15, 0.2) is 0 Å². The van der Waals surface area contributed by atoms with Crippen LogP contribution in [0.4, 0.5) is 11.5 Å². The topological polar surface area (TPSA) is 100 Å². The van der Waals surface area contributed by atoms with Crippen LogP contribution in [0.15, 0.2) is 34.8 Å². The predicted octanol–water partition coefficient (Wildman–Crippen LogP) is 2.43. The fourth-order valence-electron chi connectivity index (χ4n) is 4.58. The van der Waals surface area contributed by atoms with Gasteiger partial charge in [-0.25, -0.2) is 4.98 Å². The Morgan fingerprint density at radius 2 is 2.07 bits per heavy atom. The number of hydrogen-bond donors (Lipinski definition) is 3. The van der Waals surface area contributed by atoms with Gasteiger partial charge in [-0.3, -0.25) is 14.5 Å². The molecule has 3 aliphatic rings. The molecule has 1 aromatic rings. The molecule has 27 heavy (non-hydrogen) atoms. The molecule has 4 N–H and O–H groups in total. The zero-order chi connectivity index (χ0) is 19.2. The Morgan fingerprint density at radius 1 is 1.33 bits per heavy atom. The highest BCUT2D eigenvalue weighted by Gasteiger charge is 2.49. The van der Waals surface area contributed by atoms with Crippen molar-refractivity contribution in [1.82, 2.24) is 15.2 Å². The molecule has 7 heteroatoms. The van der Waals surface area contributed by atoms with E-state index >= 15 is 0 Å². The summed E-state index contributed by atoms with van der Waals surface area (Å²) in [6.07, 6.45) is 7.99. The summed E-state index contributed by atoms with van der Waals surface area (Å²) in [4.78, 5) is 30.7. The lowest BCUT2D eigenvalue weighted by atomic mass is 9.88. The average Bonchev–Trinajstić information content (AvgIpc) is 2.91. The number of pyridine rings is 1. The molecule has 1 saturated heterocycles. The van der Waals surface area contributed by atoms with Crippen molar-refractivity contribution in [2.45, 2.75) is 58.0 Å². The Hall–Kier alpha value is -2.83. The van der Waals surface area contributed by atoms with Gasteiger partial charge in [0.2, 0.25) is 6.41 Å². The van der Waals surface area contributed by atoms with Crippen LogP contribution in [-0.2, 0) is 16.0 Å². The summed E-state index contributed by atoms with van der Waals surface area (Å²) < 4.78 is 0. The largest absolute Gasteiger partial charge is 0.384 e. The maximum Gasteiger partial charge on any atom is 0.270 e. The van der Waals surface area contributed by atoms with Crippen molar-refractivity contribution in [1.29, 1.82) is 0 Å². The van der Waals surface area contributed by atoms with E-state index in [1.54, 1.807) is 11.1 Å². The molecule has 0 radical (unpaired) electrons. The molecule has 7 nitrogen and oxygen atoms in total. The van der Waals surface area contributed by atoms with Gasteiger partial charge in [0.05, 0.1) is 0 Å². The molecule has 2 fully saturated rings. The van der Waals surface area contributed by atoms with E-state index in [0.29, 0.717) is 17.9 Å². The molecule has 4 rings (SSSR count). The van der Waals surface area contributed by atoms with Gasteiger partial charge in [-0.2, -0.15) is 0 Å². The third-order valence-corrected chi connectivity index (χ3v) is 6.01. The number of nitrogens with two attached hydrogens (primary N) is 1. The molecule has 3 heterocycles. The van der Waals surface area contributed by atoms with Crippen molar-refractivity contribution in [3.05, 3.63) is 40.4 Å². The Morgan fingerprint density at radius 3 is 2.78 bits per heavy atom. The molecular formula is C20H25N5O2. The molecule has 0 bridgehead atoms. The van der Waals surface area contributed by atoms with Crippen molar-refractivity contribution in [3.63, 3.8) is 0 Å². The maximum absolute atomic E-state index is 12.9. The molecule has 1 aliphatic carbocycles. The number of nitrogens with one attached hydrogen (secondary N) is 2. The molecule has 1 spiro atoms. The summed E-state index contributed by atoms with van der Waals surface area (Å²) in [6, 6.07) is 1.81. The lowest BCUT2D eigenvalue weighted by Crippen LogP contribution is -2.52. The zero-order valence-electron chi connectivity index (χ0n) is 15.8. The minimum absolute atomic E-state index is 0.164. The number of anilines is 2. The van der Waals surface area contributed by atoms with E-state index in [4.69, 9.17) is 5.73 Å². The highest BCUT2D eigenvalue weighted by molar-refractivity contribution is 6.00. The third-order valence-electron chi connectivity index (χ3n) is 6.01. The number of carbonyl (C=O) groups excluding carboxylic acids is 2. The molecule has 0 atom stereocenters. The predicted molar refractivity (Wildman–Crippen MR) is 103 cm³/mol. The second-order valence-electron chi connectivity index (χ2n) is 7.67. The Labute approximate surface area is 158 Å². The Kier molecular flexibility index (Phi) is 4.17. The maximum atomic E-state index is 12.9.